The molecule has 2 aromatic rings. The number of hydrogen-bond acceptors (Lipinski definition) is 3. The third-order valence-electron chi connectivity index (χ3n) is 2.58. The molecule has 1 heterocycles. The van der Waals surface area contributed by atoms with Gasteiger partial charge in [0.25, 0.3) is 5.91 Å². The van der Waals surface area contributed by atoms with Gasteiger partial charge in [0.1, 0.15) is 5.76 Å². The first-order chi connectivity index (χ1) is 8.72. The minimum atomic E-state index is -0.216. The standard InChI is InChI=1S/C14H15NO2S/c1-3-11-6-9-13(17-11)14(16)15-10-4-7-12(18-2)8-5-10/h4-9H,3H2,1-2H3,(H,15,16). The first-order valence-electron chi connectivity index (χ1n) is 5.77. The largest absolute Gasteiger partial charge is 0.456 e. The predicted molar refractivity (Wildman–Crippen MR) is 74.3 cm³/mol. The number of benzene rings is 1. The first kappa shape index (κ1) is 12.8. The van der Waals surface area contributed by atoms with Gasteiger partial charge in [-0.1, -0.05) is 6.92 Å². The molecule has 0 aliphatic rings. The fourth-order valence-corrected chi connectivity index (χ4v) is 1.97. The summed E-state index contributed by atoms with van der Waals surface area (Å²) in [5.74, 6) is 0.949. The van der Waals surface area contributed by atoms with E-state index in [0.717, 1.165) is 17.9 Å². The van der Waals surface area contributed by atoms with Gasteiger partial charge in [-0.05, 0) is 42.7 Å². The molecular formula is C14H15NO2S. The monoisotopic (exact) mass is 261 g/mol. The van der Waals surface area contributed by atoms with E-state index in [9.17, 15) is 4.79 Å². The summed E-state index contributed by atoms with van der Waals surface area (Å²) < 4.78 is 5.40. The van der Waals surface area contributed by atoms with Crippen molar-refractivity contribution in [2.24, 2.45) is 0 Å². The van der Waals surface area contributed by atoms with Gasteiger partial charge in [-0.15, -0.1) is 11.8 Å². The number of rotatable bonds is 4. The van der Waals surface area contributed by atoms with E-state index in [1.54, 1.807) is 17.8 Å². The van der Waals surface area contributed by atoms with Crippen LogP contribution in [-0.4, -0.2) is 12.2 Å². The van der Waals surface area contributed by atoms with Crippen LogP contribution in [0, 0.1) is 0 Å². The van der Waals surface area contributed by atoms with E-state index < -0.39 is 0 Å². The van der Waals surface area contributed by atoms with Crippen LogP contribution in [0.25, 0.3) is 0 Å². The SMILES string of the molecule is CCc1ccc(C(=O)Nc2ccc(SC)cc2)o1. The third kappa shape index (κ3) is 2.96. The number of carbonyl (C=O) groups excluding carboxylic acids is 1. The Labute approximate surface area is 111 Å². The number of furan rings is 1. The van der Waals surface area contributed by atoms with Gasteiger partial charge < -0.3 is 9.73 Å². The topological polar surface area (TPSA) is 42.2 Å². The summed E-state index contributed by atoms with van der Waals surface area (Å²) in [6.07, 6.45) is 2.80. The molecule has 1 aromatic carbocycles. The molecular weight excluding hydrogens is 246 g/mol. The second kappa shape index (κ2) is 5.78. The molecule has 0 radical (unpaired) electrons. The molecule has 0 saturated heterocycles. The molecule has 3 nitrogen and oxygen atoms in total. The molecule has 0 saturated carbocycles. The highest BCUT2D eigenvalue weighted by molar-refractivity contribution is 7.98. The van der Waals surface area contributed by atoms with Gasteiger partial charge >= 0.3 is 0 Å². The average Bonchev–Trinajstić information content (AvgIpc) is 2.88. The molecule has 0 aliphatic carbocycles. The lowest BCUT2D eigenvalue weighted by molar-refractivity contribution is 0.0995. The Balaban J connectivity index is 2.06. The molecule has 2 rings (SSSR count). The Morgan fingerprint density at radius 2 is 1.94 bits per heavy atom. The minimum absolute atomic E-state index is 0.216. The Hall–Kier alpha value is -1.68. The fraction of sp³-hybridized carbons (Fsp3) is 0.214. The van der Waals surface area contributed by atoms with Crippen LogP contribution in [0.3, 0.4) is 0 Å². The van der Waals surface area contributed by atoms with Crippen LogP contribution in [0.2, 0.25) is 0 Å². The van der Waals surface area contributed by atoms with Crippen molar-refractivity contribution in [1.29, 1.82) is 0 Å². The molecule has 0 spiro atoms. The van der Waals surface area contributed by atoms with Crippen molar-refractivity contribution in [2.75, 3.05) is 11.6 Å². The molecule has 1 amide bonds. The van der Waals surface area contributed by atoms with Crippen molar-refractivity contribution in [1.82, 2.24) is 0 Å². The van der Waals surface area contributed by atoms with Gasteiger partial charge in [-0.2, -0.15) is 0 Å². The van der Waals surface area contributed by atoms with E-state index in [2.05, 4.69) is 5.32 Å². The number of thioether (sulfide) groups is 1. The summed E-state index contributed by atoms with van der Waals surface area (Å²) >= 11 is 1.67. The van der Waals surface area contributed by atoms with Gasteiger partial charge in [0, 0.05) is 17.0 Å². The van der Waals surface area contributed by atoms with Gasteiger partial charge in [-0.3, -0.25) is 4.79 Å². The second-order valence-corrected chi connectivity index (χ2v) is 4.68. The highest BCUT2D eigenvalue weighted by Gasteiger charge is 2.10. The Kier molecular flexibility index (Phi) is 4.10. The van der Waals surface area contributed by atoms with E-state index in [4.69, 9.17) is 4.42 Å². The molecule has 1 aromatic heterocycles. The molecule has 94 valence electrons. The van der Waals surface area contributed by atoms with Crippen molar-refractivity contribution >= 4 is 23.4 Å². The highest BCUT2D eigenvalue weighted by atomic mass is 32.2. The Morgan fingerprint density at radius 3 is 2.50 bits per heavy atom. The number of anilines is 1. The Morgan fingerprint density at radius 1 is 1.22 bits per heavy atom. The van der Waals surface area contributed by atoms with Crippen LogP contribution >= 0.6 is 11.8 Å². The van der Waals surface area contributed by atoms with Crippen molar-refractivity contribution < 1.29 is 9.21 Å². The number of carbonyl (C=O) groups is 1. The van der Waals surface area contributed by atoms with E-state index in [0.29, 0.717) is 5.76 Å². The van der Waals surface area contributed by atoms with Gasteiger partial charge in [0.2, 0.25) is 0 Å². The van der Waals surface area contributed by atoms with Crippen molar-refractivity contribution in [3.8, 4) is 0 Å². The number of amides is 1. The summed E-state index contributed by atoms with van der Waals surface area (Å²) in [6.45, 7) is 1.99. The molecule has 0 fully saturated rings. The molecule has 0 atom stereocenters. The zero-order valence-electron chi connectivity index (χ0n) is 10.4. The van der Waals surface area contributed by atoms with Crippen LogP contribution in [0.4, 0.5) is 5.69 Å². The van der Waals surface area contributed by atoms with Crippen molar-refractivity contribution in [3.05, 3.63) is 47.9 Å². The van der Waals surface area contributed by atoms with E-state index in [1.807, 2.05) is 43.5 Å². The number of aryl methyl sites for hydroxylation is 1. The number of nitrogens with one attached hydrogen (secondary N) is 1. The molecule has 0 bridgehead atoms. The van der Waals surface area contributed by atoms with Crippen molar-refractivity contribution in [3.63, 3.8) is 0 Å². The lowest BCUT2D eigenvalue weighted by atomic mass is 10.3. The summed E-state index contributed by atoms with van der Waals surface area (Å²) in [6, 6.07) is 11.2. The lowest BCUT2D eigenvalue weighted by Gasteiger charge is -2.03. The highest BCUT2D eigenvalue weighted by Crippen LogP contribution is 2.18. The summed E-state index contributed by atoms with van der Waals surface area (Å²) in [4.78, 5) is 13.1. The van der Waals surface area contributed by atoms with Crippen LogP contribution in [0.5, 0.6) is 0 Å². The van der Waals surface area contributed by atoms with Gasteiger partial charge in [0.05, 0.1) is 0 Å². The number of hydrogen-bond donors (Lipinski definition) is 1. The molecule has 0 aliphatic heterocycles. The maximum absolute atomic E-state index is 11.9. The summed E-state index contributed by atoms with van der Waals surface area (Å²) in [7, 11) is 0. The second-order valence-electron chi connectivity index (χ2n) is 3.80. The normalized spacial score (nSPS) is 10.3. The van der Waals surface area contributed by atoms with Crippen LogP contribution < -0.4 is 5.32 Å². The predicted octanol–water partition coefficient (Wildman–Crippen LogP) is 3.82. The molecule has 1 N–H and O–H groups in total. The lowest BCUT2D eigenvalue weighted by Crippen LogP contribution is -2.10. The van der Waals surface area contributed by atoms with E-state index in [-0.39, 0.29) is 5.91 Å². The maximum atomic E-state index is 11.9. The Bertz CT molecular complexity index is 531. The van der Waals surface area contributed by atoms with Gasteiger partial charge in [0.15, 0.2) is 5.76 Å². The average molecular weight is 261 g/mol. The van der Waals surface area contributed by atoms with Crippen molar-refractivity contribution in [2.45, 2.75) is 18.2 Å². The smallest absolute Gasteiger partial charge is 0.291 e. The quantitative estimate of drug-likeness (QED) is 0.851. The van der Waals surface area contributed by atoms with E-state index in [1.165, 1.54) is 4.90 Å². The fourth-order valence-electron chi connectivity index (χ4n) is 1.56. The molecule has 0 unspecified atom stereocenters. The van der Waals surface area contributed by atoms with Crippen LogP contribution in [0.1, 0.15) is 23.2 Å². The molecule has 4 heteroatoms. The summed E-state index contributed by atoms with van der Waals surface area (Å²) in [5, 5.41) is 2.80. The summed E-state index contributed by atoms with van der Waals surface area (Å²) in [5.41, 5.74) is 0.771. The first-order valence-corrected chi connectivity index (χ1v) is 6.99. The van der Waals surface area contributed by atoms with Crippen LogP contribution in [-0.2, 0) is 6.42 Å². The molecule has 18 heavy (non-hydrogen) atoms. The third-order valence-corrected chi connectivity index (χ3v) is 3.33. The zero-order chi connectivity index (χ0) is 13.0. The zero-order valence-corrected chi connectivity index (χ0v) is 11.2. The minimum Gasteiger partial charge on any atom is -0.456 e. The maximum Gasteiger partial charge on any atom is 0.291 e. The van der Waals surface area contributed by atoms with Gasteiger partial charge in [-0.25, -0.2) is 0 Å². The van der Waals surface area contributed by atoms with E-state index >= 15 is 0 Å². The van der Waals surface area contributed by atoms with Crippen LogP contribution in [0.15, 0.2) is 45.7 Å².